The first-order valence-corrected chi connectivity index (χ1v) is 4.37. The van der Waals surface area contributed by atoms with Crippen molar-refractivity contribution in [2.75, 3.05) is 0 Å². The van der Waals surface area contributed by atoms with Gasteiger partial charge in [0.15, 0.2) is 5.69 Å². The maximum Gasteiger partial charge on any atom is 0.433 e. The number of alkyl halides is 3. The van der Waals surface area contributed by atoms with Gasteiger partial charge in [0.2, 0.25) is 5.65 Å². The van der Waals surface area contributed by atoms with Crippen LogP contribution in [0.4, 0.5) is 18.9 Å². The third-order valence-electron chi connectivity index (χ3n) is 2.07. The lowest BCUT2D eigenvalue weighted by molar-refractivity contribution is -0.383. The van der Waals surface area contributed by atoms with E-state index in [1.54, 1.807) is 0 Å². The molecule has 0 N–H and O–H groups in total. The molecule has 0 amide bonds. The molecule has 2 rings (SSSR count). The van der Waals surface area contributed by atoms with E-state index in [-0.39, 0.29) is 5.69 Å². The van der Waals surface area contributed by atoms with Crippen LogP contribution in [0.25, 0.3) is 5.65 Å². The fourth-order valence-electron chi connectivity index (χ4n) is 1.40. The molecule has 0 unspecified atom stereocenters. The molecular formula is C8H5F3N4O2. The van der Waals surface area contributed by atoms with E-state index >= 15 is 0 Å². The molecule has 0 saturated heterocycles. The quantitative estimate of drug-likeness (QED) is 0.569. The van der Waals surface area contributed by atoms with E-state index in [2.05, 4.69) is 10.1 Å². The largest absolute Gasteiger partial charge is 0.433 e. The molecule has 17 heavy (non-hydrogen) atoms. The van der Waals surface area contributed by atoms with Crippen molar-refractivity contribution in [1.82, 2.24) is 14.6 Å². The monoisotopic (exact) mass is 246 g/mol. The summed E-state index contributed by atoms with van der Waals surface area (Å²) >= 11 is 0. The van der Waals surface area contributed by atoms with Gasteiger partial charge < -0.3 is 0 Å². The molecule has 0 radical (unpaired) electrons. The van der Waals surface area contributed by atoms with Gasteiger partial charge in [0.25, 0.3) is 0 Å². The third kappa shape index (κ3) is 1.79. The van der Waals surface area contributed by atoms with Crippen LogP contribution in [-0.4, -0.2) is 19.5 Å². The van der Waals surface area contributed by atoms with Crippen molar-refractivity contribution in [2.24, 2.45) is 0 Å². The lowest BCUT2D eigenvalue weighted by Crippen LogP contribution is -2.13. The van der Waals surface area contributed by atoms with Gasteiger partial charge in [0, 0.05) is 5.69 Å². The molecule has 0 bridgehead atoms. The minimum atomic E-state index is -4.65. The zero-order valence-electron chi connectivity index (χ0n) is 8.39. The van der Waals surface area contributed by atoms with Crippen LogP contribution in [-0.2, 0) is 6.18 Å². The van der Waals surface area contributed by atoms with E-state index in [0.717, 1.165) is 12.3 Å². The van der Waals surface area contributed by atoms with Gasteiger partial charge in [-0.1, -0.05) is 0 Å². The lowest BCUT2D eigenvalue weighted by atomic mass is 10.3. The van der Waals surface area contributed by atoms with Gasteiger partial charge in [-0.3, -0.25) is 10.1 Å². The molecule has 0 aliphatic rings. The molecule has 2 aromatic rings. The standard InChI is InChI=1S/C8H5F3N4O2/c1-4-2-6(8(9,10)11)14-7(13-4)5(3-12-14)15(16)17/h2-3H,1H3. The number of halogens is 3. The summed E-state index contributed by atoms with van der Waals surface area (Å²) in [6.07, 6.45) is -3.90. The molecule has 0 saturated carbocycles. The summed E-state index contributed by atoms with van der Waals surface area (Å²) in [5.41, 5.74) is -2.02. The Kier molecular flexibility index (Phi) is 2.26. The van der Waals surface area contributed by atoms with Gasteiger partial charge in [0.05, 0.1) is 4.92 Å². The number of rotatable bonds is 1. The van der Waals surface area contributed by atoms with E-state index in [9.17, 15) is 23.3 Å². The first kappa shape index (κ1) is 11.3. The van der Waals surface area contributed by atoms with E-state index in [1.807, 2.05) is 0 Å². The fourth-order valence-corrected chi connectivity index (χ4v) is 1.40. The Morgan fingerprint density at radius 3 is 2.65 bits per heavy atom. The van der Waals surface area contributed by atoms with Crippen LogP contribution in [0.5, 0.6) is 0 Å². The Labute approximate surface area is 91.8 Å². The Hall–Kier alpha value is -2.19. The van der Waals surface area contributed by atoms with Crippen LogP contribution in [0.1, 0.15) is 11.4 Å². The number of hydrogen-bond acceptors (Lipinski definition) is 4. The molecule has 0 aromatic carbocycles. The molecule has 6 nitrogen and oxygen atoms in total. The first-order valence-electron chi connectivity index (χ1n) is 4.37. The summed E-state index contributed by atoms with van der Waals surface area (Å²) in [4.78, 5) is 13.4. The molecule has 2 aromatic heterocycles. The van der Waals surface area contributed by atoms with E-state index < -0.39 is 28.1 Å². The van der Waals surface area contributed by atoms with Gasteiger partial charge in [-0.25, -0.2) is 9.50 Å². The van der Waals surface area contributed by atoms with Gasteiger partial charge in [-0.05, 0) is 13.0 Å². The van der Waals surface area contributed by atoms with Crippen LogP contribution in [0.3, 0.4) is 0 Å². The highest BCUT2D eigenvalue weighted by Crippen LogP contribution is 2.31. The second-order valence-corrected chi connectivity index (χ2v) is 3.30. The molecule has 0 spiro atoms. The number of aryl methyl sites for hydroxylation is 1. The maximum absolute atomic E-state index is 12.6. The number of aromatic nitrogens is 3. The first-order chi connectivity index (χ1) is 7.80. The summed E-state index contributed by atoms with van der Waals surface area (Å²) in [6.45, 7) is 1.33. The Balaban J connectivity index is 2.84. The number of nitro groups is 1. The number of fused-ring (bicyclic) bond motifs is 1. The van der Waals surface area contributed by atoms with Crippen LogP contribution in [0, 0.1) is 17.0 Å². The topological polar surface area (TPSA) is 73.3 Å². The van der Waals surface area contributed by atoms with E-state index in [0.29, 0.717) is 4.52 Å². The van der Waals surface area contributed by atoms with Crippen LogP contribution >= 0.6 is 0 Å². The van der Waals surface area contributed by atoms with Crippen molar-refractivity contribution in [3.63, 3.8) is 0 Å². The molecule has 0 fully saturated rings. The Morgan fingerprint density at radius 2 is 2.12 bits per heavy atom. The third-order valence-corrected chi connectivity index (χ3v) is 2.07. The average molecular weight is 246 g/mol. The van der Waals surface area contributed by atoms with Gasteiger partial charge in [-0.15, -0.1) is 0 Å². The minimum absolute atomic E-state index is 0.0356. The molecule has 0 aliphatic heterocycles. The van der Waals surface area contributed by atoms with Crippen LogP contribution in [0.15, 0.2) is 12.3 Å². The predicted octanol–water partition coefficient (Wildman–Crippen LogP) is 1.96. The summed E-state index contributed by atoms with van der Waals surface area (Å²) < 4.78 is 38.4. The molecule has 9 heteroatoms. The van der Waals surface area contributed by atoms with E-state index in [4.69, 9.17) is 0 Å². The highest BCUT2D eigenvalue weighted by molar-refractivity contribution is 5.59. The molecule has 0 atom stereocenters. The molecule has 0 aliphatic carbocycles. The summed E-state index contributed by atoms with van der Waals surface area (Å²) in [5.74, 6) is 0. The second kappa shape index (κ2) is 3.40. The van der Waals surface area contributed by atoms with Crippen LogP contribution in [0.2, 0.25) is 0 Å². The number of nitrogens with zero attached hydrogens (tertiary/aromatic N) is 4. The van der Waals surface area contributed by atoms with Crippen molar-refractivity contribution in [2.45, 2.75) is 13.1 Å². The second-order valence-electron chi connectivity index (χ2n) is 3.30. The van der Waals surface area contributed by atoms with Gasteiger partial charge >= 0.3 is 11.9 Å². The van der Waals surface area contributed by atoms with Crippen molar-refractivity contribution in [1.29, 1.82) is 0 Å². The number of hydrogen-bond donors (Lipinski definition) is 0. The van der Waals surface area contributed by atoms with Crippen molar-refractivity contribution >= 4 is 11.3 Å². The van der Waals surface area contributed by atoms with Crippen molar-refractivity contribution < 1.29 is 18.1 Å². The summed E-state index contributed by atoms with van der Waals surface area (Å²) in [6, 6.07) is 0.781. The predicted molar refractivity (Wildman–Crippen MR) is 49.4 cm³/mol. The molecule has 2 heterocycles. The zero-order chi connectivity index (χ0) is 12.8. The van der Waals surface area contributed by atoms with Gasteiger partial charge in [0.1, 0.15) is 6.20 Å². The van der Waals surface area contributed by atoms with E-state index in [1.165, 1.54) is 6.92 Å². The highest BCUT2D eigenvalue weighted by atomic mass is 19.4. The summed E-state index contributed by atoms with van der Waals surface area (Å²) in [7, 11) is 0. The summed E-state index contributed by atoms with van der Waals surface area (Å²) in [5, 5.41) is 13.9. The fraction of sp³-hybridized carbons (Fsp3) is 0.250. The highest BCUT2D eigenvalue weighted by Gasteiger charge is 2.36. The van der Waals surface area contributed by atoms with Gasteiger partial charge in [-0.2, -0.15) is 18.3 Å². The normalized spacial score (nSPS) is 12.0. The Bertz CT molecular complexity index is 605. The average Bonchev–Trinajstić information content (AvgIpc) is 2.57. The smallest absolute Gasteiger partial charge is 0.258 e. The zero-order valence-corrected chi connectivity index (χ0v) is 8.39. The van der Waals surface area contributed by atoms with Crippen molar-refractivity contribution in [3.05, 3.63) is 33.8 Å². The Morgan fingerprint density at radius 1 is 1.47 bits per heavy atom. The lowest BCUT2D eigenvalue weighted by Gasteiger charge is -2.08. The molecular weight excluding hydrogens is 241 g/mol. The van der Waals surface area contributed by atoms with Crippen molar-refractivity contribution in [3.8, 4) is 0 Å². The van der Waals surface area contributed by atoms with Crippen LogP contribution < -0.4 is 0 Å². The minimum Gasteiger partial charge on any atom is -0.258 e. The SMILES string of the molecule is Cc1cc(C(F)(F)F)n2ncc([N+](=O)[O-])c2n1. The maximum atomic E-state index is 12.6. The molecule has 90 valence electrons.